The number of carbonyl (C=O) groups is 2. The van der Waals surface area contributed by atoms with Crippen molar-refractivity contribution in [2.75, 3.05) is 0 Å². The third kappa shape index (κ3) is 3.80. The molecular formula is C12H13N5O3. The summed E-state index contributed by atoms with van der Waals surface area (Å²) in [6, 6.07) is 2.65. The van der Waals surface area contributed by atoms with Crippen molar-refractivity contribution in [1.29, 1.82) is 0 Å². The molecule has 0 atom stereocenters. The highest BCUT2D eigenvalue weighted by Crippen LogP contribution is 2.00. The molecule has 20 heavy (non-hydrogen) atoms. The Morgan fingerprint density at radius 2 is 2.00 bits per heavy atom. The van der Waals surface area contributed by atoms with Crippen molar-refractivity contribution in [3.63, 3.8) is 0 Å². The third-order valence-electron chi connectivity index (χ3n) is 2.47. The number of imidazole rings is 1. The Kier molecular flexibility index (Phi) is 4.28. The molecular weight excluding hydrogens is 262 g/mol. The summed E-state index contributed by atoms with van der Waals surface area (Å²) in [6.07, 6.45) is 4.69. The van der Waals surface area contributed by atoms with Crippen molar-refractivity contribution in [2.24, 2.45) is 0 Å². The zero-order valence-electron chi connectivity index (χ0n) is 10.5. The summed E-state index contributed by atoms with van der Waals surface area (Å²) in [5, 5.41) is 14.0. The SMILES string of the molecule is O=C(NCc1ccc(C(=O)O)nc1)NCc1ncc[nH]1. The fourth-order valence-corrected chi connectivity index (χ4v) is 1.46. The molecule has 0 radical (unpaired) electrons. The molecule has 0 aromatic carbocycles. The monoisotopic (exact) mass is 275 g/mol. The first kappa shape index (κ1) is 13.5. The van der Waals surface area contributed by atoms with Gasteiger partial charge in [0.1, 0.15) is 11.5 Å². The summed E-state index contributed by atoms with van der Waals surface area (Å²) in [5.41, 5.74) is 0.680. The molecule has 0 aliphatic rings. The van der Waals surface area contributed by atoms with E-state index in [1.54, 1.807) is 18.5 Å². The van der Waals surface area contributed by atoms with Crippen LogP contribution in [0, 0.1) is 0 Å². The predicted molar refractivity (Wildman–Crippen MR) is 68.9 cm³/mol. The van der Waals surface area contributed by atoms with Gasteiger partial charge in [-0.25, -0.2) is 19.6 Å². The predicted octanol–water partition coefficient (Wildman–Crippen LogP) is 0.502. The molecule has 0 aliphatic carbocycles. The van der Waals surface area contributed by atoms with Crippen LogP contribution >= 0.6 is 0 Å². The third-order valence-corrected chi connectivity index (χ3v) is 2.47. The van der Waals surface area contributed by atoms with E-state index in [1.807, 2.05) is 0 Å². The van der Waals surface area contributed by atoms with Crippen LogP contribution in [0.2, 0.25) is 0 Å². The number of carboxylic acid groups (broad SMARTS) is 1. The van der Waals surface area contributed by atoms with E-state index in [2.05, 4.69) is 25.6 Å². The molecule has 2 rings (SSSR count). The maximum absolute atomic E-state index is 11.5. The van der Waals surface area contributed by atoms with Gasteiger partial charge in [-0.2, -0.15) is 0 Å². The molecule has 2 aromatic heterocycles. The summed E-state index contributed by atoms with van der Waals surface area (Å²) in [4.78, 5) is 32.7. The minimum atomic E-state index is -1.08. The van der Waals surface area contributed by atoms with Crippen molar-refractivity contribution < 1.29 is 14.7 Å². The molecule has 0 saturated carbocycles. The first-order valence-corrected chi connectivity index (χ1v) is 5.83. The first-order valence-electron chi connectivity index (χ1n) is 5.83. The van der Waals surface area contributed by atoms with Gasteiger partial charge in [-0.05, 0) is 11.6 Å². The molecule has 2 amide bonds. The van der Waals surface area contributed by atoms with Gasteiger partial charge < -0.3 is 20.7 Å². The Morgan fingerprint density at radius 1 is 1.20 bits per heavy atom. The number of urea groups is 1. The number of aromatic nitrogens is 3. The molecule has 4 N–H and O–H groups in total. The minimum Gasteiger partial charge on any atom is -0.477 e. The number of pyridine rings is 1. The Bertz CT molecular complexity index is 580. The van der Waals surface area contributed by atoms with Gasteiger partial charge in [0.05, 0.1) is 6.54 Å². The van der Waals surface area contributed by atoms with Crippen molar-refractivity contribution in [2.45, 2.75) is 13.1 Å². The standard InChI is InChI=1S/C12H13N5O3/c18-11(19)9-2-1-8(5-15-9)6-16-12(20)17-7-10-13-3-4-14-10/h1-5H,6-7H2,(H,13,14)(H,18,19)(H2,16,17,20). The van der Waals surface area contributed by atoms with Gasteiger partial charge in [0.2, 0.25) is 0 Å². The van der Waals surface area contributed by atoms with Gasteiger partial charge in [0, 0.05) is 25.1 Å². The van der Waals surface area contributed by atoms with Crippen LogP contribution in [-0.2, 0) is 13.1 Å². The minimum absolute atomic E-state index is 0.0315. The van der Waals surface area contributed by atoms with Crippen LogP contribution in [-0.4, -0.2) is 32.1 Å². The topological polar surface area (TPSA) is 120 Å². The molecule has 0 fully saturated rings. The van der Waals surface area contributed by atoms with Crippen LogP contribution in [0.3, 0.4) is 0 Å². The highest BCUT2D eigenvalue weighted by atomic mass is 16.4. The lowest BCUT2D eigenvalue weighted by molar-refractivity contribution is 0.0690. The molecule has 0 saturated heterocycles. The van der Waals surface area contributed by atoms with E-state index in [1.165, 1.54) is 12.3 Å². The molecule has 0 unspecified atom stereocenters. The van der Waals surface area contributed by atoms with E-state index >= 15 is 0 Å². The number of hydrogen-bond donors (Lipinski definition) is 4. The Balaban J connectivity index is 1.76. The molecule has 0 spiro atoms. The number of hydrogen-bond acceptors (Lipinski definition) is 4. The van der Waals surface area contributed by atoms with Crippen molar-refractivity contribution in [1.82, 2.24) is 25.6 Å². The van der Waals surface area contributed by atoms with Gasteiger partial charge in [-0.3, -0.25) is 0 Å². The fourth-order valence-electron chi connectivity index (χ4n) is 1.46. The number of aromatic carboxylic acids is 1. The summed E-state index contributed by atoms with van der Waals surface area (Å²) in [6.45, 7) is 0.561. The second-order valence-corrected chi connectivity index (χ2v) is 3.93. The van der Waals surface area contributed by atoms with Crippen LogP contribution in [0.1, 0.15) is 21.9 Å². The maximum Gasteiger partial charge on any atom is 0.354 e. The van der Waals surface area contributed by atoms with Crippen LogP contribution < -0.4 is 10.6 Å². The largest absolute Gasteiger partial charge is 0.477 e. The summed E-state index contributed by atoms with van der Waals surface area (Å²) < 4.78 is 0. The number of carbonyl (C=O) groups excluding carboxylic acids is 1. The smallest absolute Gasteiger partial charge is 0.354 e. The molecule has 0 aliphatic heterocycles. The lowest BCUT2D eigenvalue weighted by atomic mass is 10.2. The average Bonchev–Trinajstić information content (AvgIpc) is 2.96. The Hall–Kier alpha value is -2.90. The summed E-state index contributed by atoms with van der Waals surface area (Å²) in [7, 11) is 0. The zero-order chi connectivity index (χ0) is 14.4. The highest BCUT2D eigenvalue weighted by Gasteiger charge is 2.05. The first-order chi connectivity index (χ1) is 9.65. The fraction of sp³-hybridized carbons (Fsp3) is 0.167. The van der Waals surface area contributed by atoms with E-state index < -0.39 is 5.97 Å². The molecule has 0 bridgehead atoms. The number of nitrogens with one attached hydrogen (secondary N) is 3. The summed E-state index contributed by atoms with van der Waals surface area (Å²) >= 11 is 0. The zero-order valence-corrected chi connectivity index (χ0v) is 10.5. The normalized spacial score (nSPS) is 10.0. The van der Waals surface area contributed by atoms with Gasteiger partial charge in [-0.15, -0.1) is 0 Å². The van der Waals surface area contributed by atoms with E-state index in [0.717, 1.165) is 0 Å². The van der Waals surface area contributed by atoms with Crippen LogP contribution in [0.15, 0.2) is 30.7 Å². The van der Waals surface area contributed by atoms with E-state index in [-0.39, 0.29) is 18.3 Å². The highest BCUT2D eigenvalue weighted by molar-refractivity contribution is 5.85. The number of aromatic amines is 1. The van der Waals surface area contributed by atoms with Crippen LogP contribution in [0.25, 0.3) is 0 Å². The lowest BCUT2D eigenvalue weighted by Gasteiger charge is -2.06. The number of amides is 2. The van der Waals surface area contributed by atoms with Gasteiger partial charge >= 0.3 is 12.0 Å². The van der Waals surface area contributed by atoms with Gasteiger partial charge in [0.25, 0.3) is 0 Å². The van der Waals surface area contributed by atoms with Gasteiger partial charge in [-0.1, -0.05) is 6.07 Å². The van der Waals surface area contributed by atoms with E-state index in [0.29, 0.717) is 17.9 Å². The molecule has 8 heteroatoms. The Labute approximate surface area is 114 Å². The van der Waals surface area contributed by atoms with Crippen molar-refractivity contribution in [3.05, 3.63) is 47.8 Å². The second-order valence-electron chi connectivity index (χ2n) is 3.93. The number of nitrogens with zero attached hydrogens (tertiary/aromatic N) is 2. The number of H-pyrrole nitrogens is 1. The lowest BCUT2D eigenvalue weighted by Crippen LogP contribution is -2.34. The van der Waals surface area contributed by atoms with Crippen LogP contribution in [0.5, 0.6) is 0 Å². The Morgan fingerprint density at radius 3 is 2.60 bits per heavy atom. The van der Waals surface area contributed by atoms with Crippen molar-refractivity contribution in [3.8, 4) is 0 Å². The van der Waals surface area contributed by atoms with E-state index in [4.69, 9.17) is 5.11 Å². The maximum atomic E-state index is 11.5. The molecule has 2 aromatic rings. The van der Waals surface area contributed by atoms with Gasteiger partial charge in [0.15, 0.2) is 0 Å². The summed E-state index contributed by atoms with van der Waals surface area (Å²) in [5.74, 6) is -0.423. The molecule has 2 heterocycles. The number of carboxylic acids is 1. The van der Waals surface area contributed by atoms with E-state index in [9.17, 15) is 9.59 Å². The number of rotatable bonds is 5. The molecule has 104 valence electrons. The van der Waals surface area contributed by atoms with Crippen LogP contribution in [0.4, 0.5) is 4.79 Å². The van der Waals surface area contributed by atoms with Crippen molar-refractivity contribution >= 4 is 12.0 Å². The second kappa shape index (κ2) is 6.32. The average molecular weight is 275 g/mol. The molecule has 8 nitrogen and oxygen atoms in total. The quantitative estimate of drug-likeness (QED) is 0.633.